The van der Waals surface area contributed by atoms with Crippen LogP contribution >= 0.6 is 10.8 Å². The summed E-state index contributed by atoms with van der Waals surface area (Å²) in [5.74, 6) is 0.487. The van der Waals surface area contributed by atoms with Gasteiger partial charge >= 0.3 is 6.09 Å². The minimum atomic E-state index is -3.01. The van der Waals surface area contributed by atoms with E-state index in [9.17, 15) is 13.2 Å². The van der Waals surface area contributed by atoms with Gasteiger partial charge in [-0.15, -0.1) is 0 Å². The average Bonchev–Trinajstić information content (AvgIpc) is 2.76. The van der Waals surface area contributed by atoms with Gasteiger partial charge in [-0.05, 0) is 29.2 Å². The van der Waals surface area contributed by atoms with Crippen molar-refractivity contribution < 1.29 is 17.9 Å². The molecule has 7 heteroatoms. The summed E-state index contributed by atoms with van der Waals surface area (Å²) in [6.45, 7) is 0.922. The lowest BCUT2D eigenvalue weighted by Gasteiger charge is -2.21. The maximum Gasteiger partial charge on any atom is 0.410 e. The van der Waals surface area contributed by atoms with Gasteiger partial charge < -0.3 is 9.64 Å². The number of benzene rings is 1. The van der Waals surface area contributed by atoms with Crippen LogP contribution in [0.5, 0.6) is 0 Å². The summed E-state index contributed by atoms with van der Waals surface area (Å²) in [5.41, 5.74) is 1.16. The summed E-state index contributed by atoms with van der Waals surface area (Å²) < 4.78 is 27.2. The molecule has 1 saturated heterocycles. The van der Waals surface area contributed by atoms with Gasteiger partial charge in [0.1, 0.15) is 6.61 Å². The first-order valence-corrected chi connectivity index (χ1v) is 10.2. The maximum atomic E-state index is 11.7. The minimum Gasteiger partial charge on any atom is -0.447 e. The lowest BCUT2D eigenvalue weighted by Crippen LogP contribution is -2.36. The molecule has 1 aliphatic rings. The minimum absolute atomic E-state index is 0.0307. The van der Waals surface area contributed by atoms with Crippen LogP contribution in [0, 0.1) is 0 Å². The van der Waals surface area contributed by atoms with Gasteiger partial charge in [0, 0.05) is 18.6 Å². The molecule has 0 aromatic heterocycles. The molecule has 2 rings (SSSR count). The molecule has 1 aliphatic heterocycles. The lowest BCUT2D eigenvalue weighted by molar-refractivity contribution is 0.158. The Bertz CT molecular complexity index is 574. The number of hydrogen-bond donors (Lipinski definition) is 0. The van der Waals surface area contributed by atoms with E-state index in [1.807, 2.05) is 30.3 Å². The first-order valence-electron chi connectivity index (χ1n) is 6.77. The van der Waals surface area contributed by atoms with Crippen molar-refractivity contribution in [1.29, 1.82) is 0 Å². The molecule has 0 N–H and O–H groups in total. The normalized spacial score (nSPS) is 18.8. The van der Waals surface area contributed by atoms with Crippen LogP contribution in [0.2, 0.25) is 0 Å². The van der Waals surface area contributed by atoms with Crippen LogP contribution in [0.4, 0.5) is 4.79 Å². The first kappa shape index (κ1) is 16.2. The molecule has 21 heavy (non-hydrogen) atoms. The number of amides is 1. The molecule has 0 spiro atoms. The van der Waals surface area contributed by atoms with Crippen molar-refractivity contribution in [3.63, 3.8) is 0 Å². The van der Waals surface area contributed by atoms with Gasteiger partial charge in [0.25, 0.3) is 0 Å². The third kappa shape index (κ3) is 5.24. The summed E-state index contributed by atoms with van der Waals surface area (Å²) in [4.78, 5) is 13.4. The molecule has 1 atom stereocenters. The van der Waals surface area contributed by atoms with Crippen molar-refractivity contribution >= 4 is 25.8 Å². The summed E-state index contributed by atoms with van der Waals surface area (Å²) in [5, 5.41) is 0. The predicted octanol–water partition coefficient (Wildman–Crippen LogP) is 2.13. The van der Waals surface area contributed by atoms with Crippen molar-refractivity contribution in [3.8, 4) is 0 Å². The van der Waals surface area contributed by atoms with E-state index < -0.39 is 8.87 Å². The van der Waals surface area contributed by atoms with Crippen molar-refractivity contribution in [1.82, 2.24) is 4.90 Å². The fraction of sp³-hybridized carbons (Fsp3) is 0.500. The first-order chi connectivity index (χ1) is 9.96. The highest BCUT2D eigenvalue weighted by Crippen LogP contribution is 2.19. The number of cyclic esters (lactones) is 1. The molecule has 0 radical (unpaired) electrons. The largest absolute Gasteiger partial charge is 0.447 e. The standard InChI is InChI=1S/C14H19NO4S2/c1-21(17,18)20-9-5-8-15-13(11-19-14(15)16)10-12-6-3-2-4-7-12/h2-4,6-7,13H,5,8-11H2,1H3/t13-/m1/s1. The molecule has 1 fully saturated rings. The van der Waals surface area contributed by atoms with Gasteiger partial charge in [0.05, 0.1) is 6.04 Å². The smallest absolute Gasteiger partial charge is 0.410 e. The number of carbonyl (C=O) groups excluding carboxylic acids is 1. The van der Waals surface area contributed by atoms with Gasteiger partial charge in [0.15, 0.2) is 8.87 Å². The second kappa shape index (κ2) is 7.17. The molecule has 1 heterocycles. The van der Waals surface area contributed by atoms with Gasteiger partial charge in [0.2, 0.25) is 0 Å². The molecular formula is C14H19NO4S2. The second-order valence-corrected chi connectivity index (χ2v) is 9.57. The predicted molar refractivity (Wildman–Crippen MR) is 83.9 cm³/mol. The van der Waals surface area contributed by atoms with Crippen molar-refractivity contribution in [3.05, 3.63) is 35.9 Å². The Morgan fingerprint density at radius 2 is 2.05 bits per heavy atom. The topological polar surface area (TPSA) is 63.7 Å². The third-order valence-electron chi connectivity index (χ3n) is 3.23. The Labute approximate surface area is 129 Å². The van der Waals surface area contributed by atoms with E-state index in [2.05, 4.69) is 0 Å². The molecule has 1 aromatic carbocycles. The van der Waals surface area contributed by atoms with Crippen LogP contribution in [0.15, 0.2) is 30.3 Å². The summed E-state index contributed by atoms with van der Waals surface area (Å²) in [6.07, 6.45) is 2.28. The Balaban J connectivity index is 1.85. The monoisotopic (exact) mass is 329 g/mol. The summed E-state index contributed by atoms with van der Waals surface area (Å²) in [7, 11) is -2.10. The molecule has 5 nitrogen and oxygen atoms in total. The van der Waals surface area contributed by atoms with E-state index in [-0.39, 0.29) is 12.1 Å². The molecule has 1 amide bonds. The zero-order chi connectivity index (χ0) is 15.3. The van der Waals surface area contributed by atoms with Crippen LogP contribution in [-0.2, 0) is 20.0 Å². The van der Waals surface area contributed by atoms with Crippen LogP contribution in [0.3, 0.4) is 0 Å². The molecule has 0 aliphatic carbocycles. The SMILES string of the molecule is CS(=O)(=O)SCCCN1C(=O)OC[C@H]1Cc1ccccc1. The van der Waals surface area contributed by atoms with E-state index in [4.69, 9.17) is 4.74 Å². The number of ether oxygens (including phenoxy) is 1. The van der Waals surface area contributed by atoms with Crippen molar-refractivity contribution in [2.45, 2.75) is 18.9 Å². The number of hydrogen-bond acceptors (Lipinski definition) is 5. The fourth-order valence-corrected chi connectivity index (χ4v) is 4.08. The van der Waals surface area contributed by atoms with Gasteiger partial charge in [-0.1, -0.05) is 30.3 Å². The molecular weight excluding hydrogens is 310 g/mol. The van der Waals surface area contributed by atoms with E-state index in [0.29, 0.717) is 25.3 Å². The zero-order valence-corrected chi connectivity index (χ0v) is 13.5. The van der Waals surface area contributed by atoms with E-state index in [0.717, 1.165) is 22.8 Å². The second-order valence-electron chi connectivity index (χ2n) is 4.99. The maximum absolute atomic E-state index is 11.7. The molecule has 116 valence electrons. The summed E-state index contributed by atoms with van der Waals surface area (Å²) >= 11 is 0. The quantitative estimate of drug-likeness (QED) is 0.566. The van der Waals surface area contributed by atoms with Gasteiger partial charge in [-0.2, -0.15) is 0 Å². The van der Waals surface area contributed by atoms with E-state index in [1.165, 1.54) is 6.26 Å². The van der Waals surface area contributed by atoms with E-state index >= 15 is 0 Å². The molecule has 0 saturated carbocycles. The fourth-order valence-electron chi connectivity index (χ4n) is 2.26. The van der Waals surface area contributed by atoms with Gasteiger partial charge in [-0.25, -0.2) is 13.2 Å². The molecule has 0 unspecified atom stereocenters. The highest BCUT2D eigenvalue weighted by molar-refractivity contribution is 8.71. The zero-order valence-electron chi connectivity index (χ0n) is 11.9. The Kier molecular flexibility index (Phi) is 5.52. The number of rotatable bonds is 7. The van der Waals surface area contributed by atoms with E-state index in [1.54, 1.807) is 4.90 Å². The van der Waals surface area contributed by atoms with Crippen LogP contribution in [-0.4, -0.2) is 50.6 Å². The lowest BCUT2D eigenvalue weighted by atomic mass is 10.1. The number of nitrogens with zero attached hydrogens (tertiary/aromatic N) is 1. The van der Waals surface area contributed by atoms with Crippen molar-refractivity contribution in [2.75, 3.05) is 25.2 Å². The Morgan fingerprint density at radius 3 is 2.71 bits per heavy atom. The Hall–Kier alpha value is -1.21. The highest BCUT2D eigenvalue weighted by atomic mass is 33.1. The summed E-state index contributed by atoms with van der Waals surface area (Å²) in [6, 6.07) is 9.99. The highest BCUT2D eigenvalue weighted by Gasteiger charge is 2.32. The number of carbonyl (C=O) groups is 1. The average molecular weight is 329 g/mol. The van der Waals surface area contributed by atoms with Crippen LogP contribution in [0.25, 0.3) is 0 Å². The van der Waals surface area contributed by atoms with Crippen molar-refractivity contribution in [2.24, 2.45) is 0 Å². The van der Waals surface area contributed by atoms with Crippen LogP contribution < -0.4 is 0 Å². The molecule has 1 aromatic rings. The molecule has 0 bridgehead atoms. The Morgan fingerprint density at radius 1 is 1.33 bits per heavy atom. The van der Waals surface area contributed by atoms with Crippen LogP contribution in [0.1, 0.15) is 12.0 Å². The van der Waals surface area contributed by atoms with Gasteiger partial charge in [-0.3, -0.25) is 0 Å². The third-order valence-corrected chi connectivity index (χ3v) is 5.90.